The molecule has 1 aliphatic rings. The first-order valence-corrected chi connectivity index (χ1v) is 10.8. The molecule has 0 saturated carbocycles. The predicted octanol–water partition coefficient (Wildman–Crippen LogP) is 5.88. The second-order valence-electron chi connectivity index (χ2n) is 7.09. The first-order valence-electron chi connectivity index (χ1n) is 9.55. The van der Waals surface area contributed by atoms with Crippen LogP contribution in [0.1, 0.15) is 25.0 Å². The smallest absolute Gasteiger partial charge is 0.324 e. The van der Waals surface area contributed by atoms with Crippen LogP contribution < -0.4 is 5.32 Å². The molecule has 1 unspecified atom stereocenters. The van der Waals surface area contributed by atoms with Gasteiger partial charge in [-0.25, -0.2) is 0 Å². The van der Waals surface area contributed by atoms with Gasteiger partial charge in [0.1, 0.15) is 10.4 Å². The van der Waals surface area contributed by atoms with Gasteiger partial charge in [0.25, 0.3) is 5.91 Å². The molecule has 32 heavy (non-hydrogen) atoms. The van der Waals surface area contributed by atoms with Gasteiger partial charge >= 0.3 is 6.18 Å². The van der Waals surface area contributed by atoms with Crippen molar-refractivity contribution in [2.45, 2.75) is 26.1 Å². The largest absolute Gasteiger partial charge is 0.416 e. The summed E-state index contributed by atoms with van der Waals surface area (Å²) in [4.78, 5) is 27.1. The maximum atomic E-state index is 12.9. The van der Waals surface area contributed by atoms with Crippen molar-refractivity contribution in [3.05, 3.63) is 82.3 Å². The lowest BCUT2D eigenvalue weighted by Crippen LogP contribution is -2.44. The third kappa shape index (κ3) is 5.66. The zero-order valence-corrected chi connectivity index (χ0v) is 18.8. The molecule has 3 rings (SSSR count). The normalized spacial score (nSPS) is 17.1. The Labute approximate surface area is 193 Å². The van der Waals surface area contributed by atoms with E-state index in [1.807, 2.05) is 43.3 Å². The zero-order chi connectivity index (χ0) is 23.5. The lowest BCUT2D eigenvalue weighted by Gasteiger charge is -2.22. The van der Waals surface area contributed by atoms with Gasteiger partial charge in [0, 0.05) is 5.69 Å². The number of alkyl halides is 3. The van der Waals surface area contributed by atoms with Gasteiger partial charge in [-0.2, -0.15) is 13.2 Å². The lowest BCUT2D eigenvalue weighted by atomic mass is 10.1. The maximum Gasteiger partial charge on any atom is 0.416 e. The van der Waals surface area contributed by atoms with Crippen molar-refractivity contribution in [3.63, 3.8) is 0 Å². The average molecular weight is 477 g/mol. The molecule has 1 aliphatic heterocycles. The number of thioether (sulfide) groups is 1. The van der Waals surface area contributed by atoms with Crippen LogP contribution >= 0.6 is 24.0 Å². The number of amides is 2. The van der Waals surface area contributed by atoms with Crippen molar-refractivity contribution in [1.82, 2.24) is 4.90 Å². The average Bonchev–Trinajstić information content (AvgIpc) is 3.00. The highest BCUT2D eigenvalue weighted by Crippen LogP contribution is 2.34. The van der Waals surface area contributed by atoms with Crippen LogP contribution in [0.5, 0.6) is 0 Å². The summed E-state index contributed by atoms with van der Waals surface area (Å²) >= 11 is 6.36. The number of benzene rings is 2. The van der Waals surface area contributed by atoms with E-state index in [1.54, 1.807) is 6.08 Å². The van der Waals surface area contributed by atoms with Crippen LogP contribution in [0.15, 0.2) is 71.2 Å². The number of carbonyl (C=O) groups excluding carboxylic acids is 2. The van der Waals surface area contributed by atoms with Crippen LogP contribution in [0.4, 0.5) is 18.9 Å². The van der Waals surface area contributed by atoms with E-state index >= 15 is 0 Å². The Morgan fingerprint density at radius 2 is 1.84 bits per heavy atom. The first-order chi connectivity index (χ1) is 15.1. The van der Waals surface area contributed by atoms with Crippen molar-refractivity contribution in [2.75, 3.05) is 5.32 Å². The Hall–Kier alpha value is -2.91. The summed E-state index contributed by atoms with van der Waals surface area (Å²) in [5.41, 5.74) is 0.916. The minimum absolute atomic E-state index is 0.0145. The molecule has 1 heterocycles. The van der Waals surface area contributed by atoms with E-state index in [2.05, 4.69) is 5.32 Å². The third-order valence-electron chi connectivity index (χ3n) is 4.60. The van der Waals surface area contributed by atoms with Crippen LogP contribution in [0.25, 0.3) is 6.08 Å². The number of hydrogen-bond acceptors (Lipinski definition) is 4. The molecule has 1 atom stereocenters. The van der Waals surface area contributed by atoms with Gasteiger partial charge < -0.3 is 5.32 Å². The molecule has 1 fully saturated rings. The molecular weight excluding hydrogens is 457 g/mol. The number of nitrogens with zero attached hydrogens (tertiary/aromatic N) is 1. The second-order valence-corrected chi connectivity index (χ2v) is 8.77. The van der Waals surface area contributed by atoms with Crippen molar-refractivity contribution in [3.8, 4) is 0 Å². The molecule has 2 aromatic carbocycles. The Kier molecular flexibility index (Phi) is 7.20. The fourth-order valence-electron chi connectivity index (χ4n) is 3.01. The number of hydrogen-bond donors (Lipinski definition) is 1. The molecule has 0 spiro atoms. The number of allylic oxidation sites excluding steroid dienone is 2. The van der Waals surface area contributed by atoms with Gasteiger partial charge in [0.2, 0.25) is 5.91 Å². The molecule has 2 aromatic rings. The van der Waals surface area contributed by atoms with Crippen molar-refractivity contribution >= 4 is 51.9 Å². The van der Waals surface area contributed by atoms with Gasteiger partial charge in [-0.15, -0.1) is 0 Å². The molecule has 0 radical (unpaired) electrons. The van der Waals surface area contributed by atoms with Gasteiger partial charge in [-0.3, -0.25) is 14.5 Å². The maximum absolute atomic E-state index is 12.9. The Balaban J connectivity index is 1.74. The van der Waals surface area contributed by atoms with E-state index in [0.717, 1.165) is 35.0 Å². The summed E-state index contributed by atoms with van der Waals surface area (Å²) in [5.74, 6) is -1.06. The van der Waals surface area contributed by atoms with Crippen LogP contribution in [0.3, 0.4) is 0 Å². The number of anilines is 1. The van der Waals surface area contributed by atoms with Gasteiger partial charge in [-0.05, 0) is 49.3 Å². The highest BCUT2D eigenvalue weighted by atomic mass is 32.2. The Morgan fingerprint density at radius 1 is 1.16 bits per heavy atom. The molecule has 2 amide bonds. The lowest BCUT2D eigenvalue weighted by molar-refractivity contribution is -0.137. The summed E-state index contributed by atoms with van der Waals surface area (Å²) in [6.45, 7) is 3.33. The number of thiocarbonyl (C=S) groups is 1. The molecule has 4 nitrogen and oxygen atoms in total. The van der Waals surface area contributed by atoms with Gasteiger partial charge in [0.15, 0.2) is 0 Å². The quantitative estimate of drug-likeness (QED) is 0.433. The van der Waals surface area contributed by atoms with Gasteiger partial charge in [-0.1, -0.05) is 66.5 Å². The topological polar surface area (TPSA) is 49.4 Å². The summed E-state index contributed by atoms with van der Waals surface area (Å²) in [6, 6.07) is 12.9. The standard InChI is InChI=1S/C23H19F3N2O2S2/c1-14(11-16-7-4-3-5-8-16)12-19-21(30)28(22(31)32-19)15(2)20(29)27-18-10-6-9-17(13-18)23(24,25)26/h3-13,15H,1-2H3,(H,27,29)/b14-11+,19-12-. The molecule has 0 bridgehead atoms. The van der Waals surface area contributed by atoms with E-state index in [9.17, 15) is 22.8 Å². The van der Waals surface area contributed by atoms with E-state index in [4.69, 9.17) is 12.2 Å². The molecule has 1 N–H and O–H groups in total. The molecule has 9 heteroatoms. The number of halogens is 3. The van der Waals surface area contributed by atoms with E-state index in [1.165, 1.54) is 24.0 Å². The van der Waals surface area contributed by atoms with Crippen LogP contribution in [0.2, 0.25) is 0 Å². The van der Waals surface area contributed by atoms with Gasteiger partial charge in [0.05, 0.1) is 10.5 Å². The first kappa shape index (κ1) is 23.7. The minimum Gasteiger partial charge on any atom is -0.324 e. The summed E-state index contributed by atoms with van der Waals surface area (Å²) in [7, 11) is 0. The summed E-state index contributed by atoms with van der Waals surface area (Å²) in [6.07, 6.45) is -0.916. The molecule has 1 saturated heterocycles. The van der Waals surface area contributed by atoms with Crippen molar-refractivity contribution in [1.29, 1.82) is 0 Å². The fourth-order valence-corrected chi connectivity index (χ4v) is 4.48. The second kappa shape index (κ2) is 9.70. The van der Waals surface area contributed by atoms with E-state index in [-0.39, 0.29) is 10.0 Å². The highest BCUT2D eigenvalue weighted by Gasteiger charge is 2.38. The molecule has 0 aromatic heterocycles. The number of rotatable bonds is 5. The number of carbonyl (C=O) groups is 2. The van der Waals surface area contributed by atoms with Crippen LogP contribution in [-0.2, 0) is 15.8 Å². The summed E-state index contributed by atoms with van der Waals surface area (Å²) in [5, 5.41) is 2.43. The molecule has 166 valence electrons. The summed E-state index contributed by atoms with van der Waals surface area (Å²) < 4.78 is 38.9. The van der Waals surface area contributed by atoms with E-state index < -0.39 is 29.6 Å². The monoisotopic (exact) mass is 476 g/mol. The minimum atomic E-state index is -4.53. The Bertz CT molecular complexity index is 1110. The Morgan fingerprint density at radius 3 is 2.50 bits per heavy atom. The van der Waals surface area contributed by atoms with Crippen LogP contribution in [0, 0.1) is 0 Å². The number of nitrogens with one attached hydrogen (secondary N) is 1. The van der Waals surface area contributed by atoms with Crippen LogP contribution in [-0.4, -0.2) is 27.1 Å². The van der Waals surface area contributed by atoms with Crippen molar-refractivity contribution < 1.29 is 22.8 Å². The molecule has 0 aliphatic carbocycles. The predicted molar refractivity (Wildman–Crippen MR) is 125 cm³/mol. The molecular formula is C23H19F3N2O2S2. The third-order valence-corrected chi connectivity index (χ3v) is 5.93. The zero-order valence-electron chi connectivity index (χ0n) is 17.1. The fraction of sp³-hybridized carbons (Fsp3) is 0.174. The highest BCUT2D eigenvalue weighted by molar-refractivity contribution is 8.26. The van der Waals surface area contributed by atoms with E-state index in [0.29, 0.717) is 4.91 Å². The SMILES string of the molecule is CC(/C=C1\SC(=S)N(C(C)C(=O)Nc2cccc(C(F)(F)F)c2)C1=O)=C\c1ccccc1. The van der Waals surface area contributed by atoms with Crippen molar-refractivity contribution in [2.24, 2.45) is 0 Å².